The molecule has 0 saturated heterocycles. The van der Waals surface area contributed by atoms with Gasteiger partial charge in [-0.3, -0.25) is 0 Å². The first kappa shape index (κ1) is 7.15. The normalized spacial score (nSPS) is 36.4. The molecule has 0 spiro atoms. The second kappa shape index (κ2) is 3.25. The Morgan fingerprint density at radius 1 is 0.818 bits per heavy atom. The van der Waals surface area contributed by atoms with Crippen LogP contribution in [0.5, 0.6) is 0 Å². The van der Waals surface area contributed by atoms with Gasteiger partial charge in [-0.1, -0.05) is 30.7 Å². The lowest BCUT2D eigenvalue weighted by Crippen LogP contribution is -2.06. The Bertz CT molecular complexity index is 156. The minimum absolute atomic E-state index is 0.854. The van der Waals surface area contributed by atoms with E-state index in [-0.39, 0.29) is 0 Å². The SMILES string of the molecule is C1=CC2CC=CC(C1)CCC2. The van der Waals surface area contributed by atoms with Gasteiger partial charge < -0.3 is 0 Å². The molecule has 0 heterocycles. The molecule has 0 saturated carbocycles. The molecule has 2 bridgehead atoms. The molecule has 3 aliphatic carbocycles. The zero-order valence-corrected chi connectivity index (χ0v) is 7.00. The van der Waals surface area contributed by atoms with E-state index in [0.29, 0.717) is 0 Å². The van der Waals surface area contributed by atoms with Crippen molar-refractivity contribution in [2.24, 2.45) is 11.8 Å². The number of allylic oxidation sites excluding steroid dienone is 4. The van der Waals surface area contributed by atoms with E-state index in [0.717, 1.165) is 11.8 Å². The minimum atomic E-state index is 0.854. The molecular formula is C11H16. The van der Waals surface area contributed by atoms with Gasteiger partial charge >= 0.3 is 0 Å². The molecule has 0 heteroatoms. The highest BCUT2D eigenvalue weighted by molar-refractivity contribution is 5.03. The van der Waals surface area contributed by atoms with Gasteiger partial charge in [-0.15, -0.1) is 0 Å². The molecule has 11 heavy (non-hydrogen) atoms. The molecule has 3 aliphatic rings. The van der Waals surface area contributed by atoms with Crippen LogP contribution in [-0.4, -0.2) is 0 Å². The van der Waals surface area contributed by atoms with Crippen LogP contribution in [0, 0.1) is 11.8 Å². The van der Waals surface area contributed by atoms with Crippen molar-refractivity contribution >= 4 is 0 Å². The summed E-state index contributed by atoms with van der Waals surface area (Å²) in [7, 11) is 0. The maximum Gasteiger partial charge on any atom is -0.0199 e. The third-order valence-corrected chi connectivity index (χ3v) is 2.84. The van der Waals surface area contributed by atoms with E-state index in [1.807, 2.05) is 0 Å². The standard InChI is InChI=1S/C11H16/c1-4-10-6-2-7-11(5-1)9-3-8-10/h1-2,4,7,10-11H,3,5-6,8-9H2. The van der Waals surface area contributed by atoms with Crippen LogP contribution >= 0.6 is 0 Å². The van der Waals surface area contributed by atoms with Gasteiger partial charge in [0.2, 0.25) is 0 Å². The van der Waals surface area contributed by atoms with Crippen LogP contribution in [-0.2, 0) is 0 Å². The largest absolute Gasteiger partial charge is 0.0877 e. The van der Waals surface area contributed by atoms with Crippen molar-refractivity contribution < 1.29 is 0 Å². The summed E-state index contributed by atoms with van der Waals surface area (Å²) >= 11 is 0. The fourth-order valence-corrected chi connectivity index (χ4v) is 2.12. The van der Waals surface area contributed by atoms with Crippen LogP contribution in [0.25, 0.3) is 0 Å². The summed E-state index contributed by atoms with van der Waals surface area (Å²) in [6.45, 7) is 0. The van der Waals surface area contributed by atoms with E-state index >= 15 is 0 Å². The number of fused-ring (bicyclic) bond motifs is 4. The lowest BCUT2D eigenvalue weighted by molar-refractivity contribution is 0.461. The monoisotopic (exact) mass is 148 g/mol. The van der Waals surface area contributed by atoms with Crippen LogP contribution in [0.2, 0.25) is 0 Å². The minimum Gasteiger partial charge on any atom is -0.0877 e. The third kappa shape index (κ3) is 1.74. The highest BCUT2D eigenvalue weighted by Gasteiger charge is 2.12. The summed E-state index contributed by atoms with van der Waals surface area (Å²) in [6, 6.07) is 0. The Kier molecular flexibility index (Phi) is 2.11. The smallest absolute Gasteiger partial charge is 0.0199 e. The zero-order valence-electron chi connectivity index (χ0n) is 7.00. The molecule has 3 rings (SSSR count). The maximum absolute atomic E-state index is 2.43. The molecule has 0 amide bonds. The predicted octanol–water partition coefficient (Wildman–Crippen LogP) is 3.31. The predicted molar refractivity (Wildman–Crippen MR) is 48.3 cm³/mol. The Labute approximate surface area is 69.0 Å². The van der Waals surface area contributed by atoms with E-state index in [4.69, 9.17) is 0 Å². The number of hydrogen-bond acceptors (Lipinski definition) is 0. The van der Waals surface area contributed by atoms with Crippen molar-refractivity contribution in [3.63, 3.8) is 0 Å². The summed E-state index contributed by atoms with van der Waals surface area (Å²) in [5.41, 5.74) is 0. The van der Waals surface area contributed by atoms with Crippen molar-refractivity contribution in [2.45, 2.75) is 32.1 Å². The van der Waals surface area contributed by atoms with Crippen LogP contribution in [0.1, 0.15) is 32.1 Å². The quantitative estimate of drug-likeness (QED) is 0.462. The van der Waals surface area contributed by atoms with Crippen molar-refractivity contribution in [1.29, 1.82) is 0 Å². The topological polar surface area (TPSA) is 0 Å². The van der Waals surface area contributed by atoms with Crippen molar-refractivity contribution in [3.05, 3.63) is 24.3 Å². The van der Waals surface area contributed by atoms with E-state index in [1.54, 1.807) is 0 Å². The Hall–Kier alpha value is -0.520. The van der Waals surface area contributed by atoms with Gasteiger partial charge in [-0.2, -0.15) is 0 Å². The first-order valence-electron chi connectivity index (χ1n) is 4.78. The Morgan fingerprint density at radius 3 is 1.91 bits per heavy atom. The van der Waals surface area contributed by atoms with Gasteiger partial charge in [0.1, 0.15) is 0 Å². The second-order valence-corrected chi connectivity index (χ2v) is 3.78. The van der Waals surface area contributed by atoms with E-state index < -0.39 is 0 Å². The number of hydrogen-bond donors (Lipinski definition) is 0. The first-order valence-corrected chi connectivity index (χ1v) is 4.78. The maximum atomic E-state index is 2.43. The highest BCUT2D eigenvalue weighted by Crippen LogP contribution is 2.27. The van der Waals surface area contributed by atoms with E-state index in [1.165, 1.54) is 32.1 Å². The van der Waals surface area contributed by atoms with E-state index in [9.17, 15) is 0 Å². The molecule has 60 valence electrons. The molecule has 0 fully saturated rings. The average molecular weight is 148 g/mol. The van der Waals surface area contributed by atoms with Crippen LogP contribution in [0.4, 0.5) is 0 Å². The molecule has 0 aromatic heterocycles. The lowest BCUT2D eigenvalue weighted by Gasteiger charge is -2.20. The Morgan fingerprint density at radius 2 is 1.36 bits per heavy atom. The van der Waals surface area contributed by atoms with Crippen LogP contribution in [0.3, 0.4) is 0 Å². The molecule has 2 atom stereocenters. The highest BCUT2D eigenvalue weighted by atomic mass is 14.2. The van der Waals surface area contributed by atoms with Crippen LogP contribution < -0.4 is 0 Å². The van der Waals surface area contributed by atoms with E-state index in [2.05, 4.69) is 24.3 Å². The summed E-state index contributed by atoms with van der Waals surface area (Å²) in [5.74, 6) is 1.71. The summed E-state index contributed by atoms with van der Waals surface area (Å²) in [4.78, 5) is 0. The summed E-state index contributed by atoms with van der Waals surface area (Å²) in [6.07, 6.45) is 16.5. The average Bonchev–Trinajstić information content (AvgIpc) is 1.80. The lowest BCUT2D eigenvalue weighted by atomic mass is 9.85. The fraction of sp³-hybridized carbons (Fsp3) is 0.636. The molecule has 0 nitrogen and oxygen atoms in total. The van der Waals surface area contributed by atoms with Crippen LogP contribution in [0.15, 0.2) is 24.3 Å². The molecule has 0 radical (unpaired) electrons. The van der Waals surface area contributed by atoms with Crippen molar-refractivity contribution in [1.82, 2.24) is 0 Å². The van der Waals surface area contributed by atoms with Crippen molar-refractivity contribution in [3.8, 4) is 0 Å². The van der Waals surface area contributed by atoms with Gasteiger partial charge in [-0.25, -0.2) is 0 Å². The van der Waals surface area contributed by atoms with Gasteiger partial charge in [0.15, 0.2) is 0 Å². The fourth-order valence-electron chi connectivity index (χ4n) is 2.12. The van der Waals surface area contributed by atoms with Gasteiger partial charge in [0.25, 0.3) is 0 Å². The zero-order chi connectivity index (χ0) is 7.52. The second-order valence-electron chi connectivity index (χ2n) is 3.78. The van der Waals surface area contributed by atoms with Gasteiger partial charge in [-0.05, 0) is 37.5 Å². The number of rotatable bonds is 0. The summed E-state index contributed by atoms with van der Waals surface area (Å²) in [5, 5.41) is 0. The molecule has 0 aliphatic heterocycles. The van der Waals surface area contributed by atoms with Gasteiger partial charge in [0, 0.05) is 0 Å². The molecule has 0 N–H and O–H groups in total. The molecule has 0 aromatic carbocycles. The first-order chi connectivity index (χ1) is 5.45. The van der Waals surface area contributed by atoms with Gasteiger partial charge in [0.05, 0.1) is 0 Å². The molecule has 2 unspecified atom stereocenters. The molecule has 0 aromatic rings. The summed E-state index contributed by atoms with van der Waals surface area (Å²) < 4.78 is 0. The Balaban J connectivity index is 2.16. The van der Waals surface area contributed by atoms with Crippen molar-refractivity contribution in [2.75, 3.05) is 0 Å². The molecular weight excluding hydrogens is 132 g/mol. The third-order valence-electron chi connectivity index (χ3n) is 2.84.